The van der Waals surface area contributed by atoms with Gasteiger partial charge in [0.2, 0.25) is 0 Å². The molecular formula is C16H17N3O. The highest BCUT2D eigenvalue weighted by Gasteiger charge is 2.03. The van der Waals surface area contributed by atoms with Gasteiger partial charge in [0.15, 0.2) is 0 Å². The first-order chi connectivity index (χ1) is 9.83. The molecular weight excluding hydrogens is 250 g/mol. The molecule has 0 saturated carbocycles. The van der Waals surface area contributed by atoms with Crippen LogP contribution >= 0.6 is 0 Å². The van der Waals surface area contributed by atoms with Gasteiger partial charge in [-0.3, -0.25) is 4.98 Å². The van der Waals surface area contributed by atoms with E-state index in [1.165, 1.54) is 0 Å². The summed E-state index contributed by atoms with van der Waals surface area (Å²) in [4.78, 5) is 4.27. The molecule has 2 rings (SSSR count). The number of nitriles is 1. The molecule has 0 unspecified atom stereocenters. The summed E-state index contributed by atoms with van der Waals surface area (Å²) in [7, 11) is 0. The van der Waals surface area contributed by atoms with Crippen molar-refractivity contribution >= 4 is 5.69 Å². The van der Waals surface area contributed by atoms with Gasteiger partial charge in [0.1, 0.15) is 18.4 Å². The van der Waals surface area contributed by atoms with Crippen LogP contribution in [0.5, 0.6) is 5.75 Å². The van der Waals surface area contributed by atoms with Gasteiger partial charge in [-0.1, -0.05) is 19.1 Å². The number of aromatic nitrogens is 1. The highest BCUT2D eigenvalue weighted by Crippen LogP contribution is 2.18. The van der Waals surface area contributed by atoms with Crippen LogP contribution in [-0.2, 0) is 6.61 Å². The highest BCUT2D eigenvalue weighted by molar-refractivity contribution is 5.44. The molecule has 4 heteroatoms. The average Bonchev–Trinajstić information content (AvgIpc) is 2.51. The quantitative estimate of drug-likeness (QED) is 0.872. The number of nitrogens with one attached hydrogen (secondary N) is 1. The van der Waals surface area contributed by atoms with Crippen LogP contribution in [0.25, 0.3) is 0 Å². The molecule has 0 amide bonds. The van der Waals surface area contributed by atoms with Crippen LogP contribution in [0.15, 0.2) is 42.6 Å². The summed E-state index contributed by atoms with van der Waals surface area (Å²) in [5.41, 5.74) is 2.40. The van der Waals surface area contributed by atoms with Gasteiger partial charge in [0, 0.05) is 18.4 Å². The minimum absolute atomic E-state index is 0.348. The van der Waals surface area contributed by atoms with Gasteiger partial charge in [0.25, 0.3) is 0 Å². The number of anilines is 1. The molecule has 102 valence electrons. The molecule has 0 aliphatic heterocycles. The van der Waals surface area contributed by atoms with E-state index in [9.17, 15) is 0 Å². The smallest absolute Gasteiger partial charge is 0.137 e. The number of rotatable bonds is 6. The van der Waals surface area contributed by atoms with Crippen LogP contribution in [-0.4, -0.2) is 11.5 Å². The maximum absolute atomic E-state index is 9.00. The molecule has 0 radical (unpaired) electrons. The highest BCUT2D eigenvalue weighted by atomic mass is 16.5. The van der Waals surface area contributed by atoms with Crippen molar-refractivity contribution < 1.29 is 4.74 Å². The molecule has 0 aliphatic carbocycles. The Labute approximate surface area is 119 Å². The van der Waals surface area contributed by atoms with Crippen molar-refractivity contribution in [2.45, 2.75) is 20.0 Å². The number of ether oxygens (including phenoxy) is 1. The Morgan fingerprint density at radius 3 is 2.95 bits per heavy atom. The van der Waals surface area contributed by atoms with Crippen molar-refractivity contribution in [3.63, 3.8) is 0 Å². The van der Waals surface area contributed by atoms with Gasteiger partial charge in [-0.25, -0.2) is 0 Å². The predicted molar refractivity (Wildman–Crippen MR) is 78.5 cm³/mol. The number of para-hydroxylation sites is 1. The van der Waals surface area contributed by atoms with E-state index in [-0.39, 0.29) is 0 Å². The normalized spacial score (nSPS) is 9.80. The summed E-state index contributed by atoms with van der Waals surface area (Å²) in [6, 6.07) is 13.2. The first-order valence-corrected chi connectivity index (χ1v) is 6.64. The summed E-state index contributed by atoms with van der Waals surface area (Å²) in [6.07, 6.45) is 2.83. The summed E-state index contributed by atoms with van der Waals surface area (Å²) in [5.74, 6) is 0.587. The van der Waals surface area contributed by atoms with Crippen LogP contribution in [0.3, 0.4) is 0 Å². The third-order valence-electron chi connectivity index (χ3n) is 2.78. The lowest BCUT2D eigenvalue weighted by atomic mass is 10.2. The minimum Gasteiger partial charge on any atom is -0.486 e. The molecule has 2 aromatic rings. The molecule has 0 bridgehead atoms. The van der Waals surface area contributed by atoms with Crippen molar-refractivity contribution in [1.29, 1.82) is 5.26 Å². The van der Waals surface area contributed by atoms with Crippen molar-refractivity contribution in [2.75, 3.05) is 11.9 Å². The maximum Gasteiger partial charge on any atom is 0.137 e. The lowest BCUT2D eigenvalue weighted by Crippen LogP contribution is -2.03. The zero-order valence-electron chi connectivity index (χ0n) is 11.5. The summed E-state index contributed by atoms with van der Waals surface area (Å²) in [6.45, 7) is 3.40. The van der Waals surface area contributed by atoms with E-state index >= 15 is 0 Å². The van der Waals surface area contributed by atoms with E-state index in [0.717, 1.165) is 24.3 Å². The second kappa shape index (κ2) is 7.15. The molecule has 1 N–H and O–H groups in total. The van der Waals surface area contributed by atoms with E-state index in [2.05, 4.69) is 23.3 Å². The second-order valence-electron chi connectivity index (χ2n) is 4.36. The molecule has 0 atom stereocenters. The topological polar surface area (TPSA) is 57.9 Å². The Hall–Kier alpha value is -2.54. The molecule has 20 heavy (non-hydrogen) atoms. The SMILES string of the molecule is CCCNc1ccnc(COc2ccccc2C#N)c1. The van der Waals surface area contributed by atoms with Crippen LogP contribution in [0.2, 0.25) is 0 Å². The average molecular weight is 267 g/mol. The Kier molecular flexibility index (Phi) is 4.96. The fraction of sp³-hybridized carbons (Fsp3) is 0.250. The molecule has 0 saturated heterocycles. The summed E-state index contributed by atoms with van der Waals surface area (Å²) >= 11 is 0. The number of nitrogens with zero attached hydrogens (tertiary/aromatic N) is 2. The molecule has 0 aliphatic rings. The van der Waals surface area contributed by atoms with Crippen LogP contribution in [0.4, 0.5) is 5.69 Å². The number of hydrogen-bond donors (Lipinski definition) is 1. The van der Waals surface area contributed by atoms with E-state index in [4.69, 9.17) is 10.00 Å². The van der Waals surface area contributed by atoms with Crippen molar-refractivity contribution in [3.05, 3.63) is 53.9 Å². The van der Waals surface area contributed by atoms with E-state index in [1.807, 2.05) is 24.3 Å². The van der Waals surface area contributed by atoms with Crippen LogP contribution < -0.4 is 10.1 Å². The number of hydrogen-bond acceptors (Lipinski definition) is 4. The lowest BCUT2D eigenvalue weighted by molar-refractivity contribution is 0.300. The molecule has 1 heterocycles. The standard InChI is InChI=1S/C16H17N3O/c1-2-8-18-14-7-9-19-15(10-14)12-20-16-6-4-3-5-13(16)11-17/h3-7,9-10H,2,8,12H2,1H3,(H,18,19). The van der Waals surface area contributed by atoms with Gasteiger partial charge < -0.3 is 10.1 Å². The Morgan fingerprint density at radius 1 is 1.30 bits per heavy atom. The zero-order chi connectivity index (χ0) is 14.2. The maximum atomic E-state index is 9.00. The van der Waals surface area contributed by atoms with Gasteiger partial charge in [-0.15, -0.1) is 0 Å². The van der Waals surface area contributed by atoms with Gasteiger partial charge in [0.05, 0.1) is 11.3 Å². The molecule has 1 aromatic carbocycles. The fourth-order valence-electron chi connectivity index (χ4n) is 1.77. The first-order valence-electron chi connectivity index (χ1n) is 6.64. The lowest BCUT2D eigenvalue weighted by Gasteiger charge is -2.09. The van der Waals surface area contributed by atoms with Gasteiger partial charge in [-0.05, 0) is 30.7 Å². The first kappa shape index (κ1) is 13.9. The largest absolute Gasteiger partial charge is 0.486 e. The molecule has 1 aromatic heterocycles. The second-order valence-corrected chi connectivity index (χ2v) is 4.36. The third-order valence-corrected chi connectivity index (χ3v) is 2.78. The predicted octanol–water partition coefficient (Wildman–Crippen LogP) is 3.35. The Balaban J connectivity index is 2.02. The molecule has 0 spiro atoms. The number of benzene rings is 1. The Morgan fingerprint density at radius 2 is 2.15 bits per heavy atom. The van der Waals surface area contributed by atoms with E-state index in [0.29, 0.717) is 17.9 Å². The van der Waals surface area contributed by atoms with E-state index < -0.39 is 0 Å². The van der Waals surface area contributed by atoms with Crippen molar-refractivity contribution in [3.8, 4) is 11.8 Å². The number of pyridine rings is 1. The van der Waals surface area contributed by atoms with Crippen LogP contribution in [0, 0.1) is 11.3 Å². The third kappa shape index (κ3) is 3.72. The van der Waals surface area contributed by atoms with Gasteiger partial charge in [-0.2, -0.15) is 5.26 Å². The summed E-state index contributed by atoms with van der Waals surface area (Å²) in [5, 5.41) is 12.3. The Bertz CT molecular complexity index is 605. The summed E-state index contributed by atoms with van der Waals surface area (Å²) < 4.78 is 5.66. The van der Waals surface area contributed by atoms with E-state index in [1.54, 1.807) is 18.3 Å². The van der Waals surface area contributed by atoms with Gasteiger partial charge >= 0.3 is 0 Å². The molecule has 4 nitrogen and oxygen atoms in total. The minimum atomic E-state index is 0.348. The van der Waals surface area contributed by atoms with Crippen molar-refractivity contribution in [2.24, 2.45) is 0 Å². The van der Waals surface area contributed by atoms with Crippen molar-refractivity contribution in [1.82, 2.24) is 4.98 Å². The van der Waals surface area contributed by atoms with Crippen LogP contribution in [0.1, 0.15) is 24.6 Å². The molecule has 0 fully saturated rings. The fourth-order valence-corrected chi connectivity index (χ4v) is 1.77. The monoisotopic (exact) mass is 267 g/mol. The zero-order valence-corrected chi connectivity index (χ0v) is 11.5.